The van der Waals surface area contributed by atoms with E-state index in [0.29, 0.717) is 12.2 Å². The Balaban J connectivity index is 1.61. The zero-order valence-electron chi connectivity index (χ0n) is 15.0. The summed E-state index contributed by atoms with van der Waals surface area (Å²) in [7, 11) is 0. The number of nitrogens with zero attached hydrogens (tertiary/aromatic N) is 1. The molecule has 0 aromatic heterocycles. The van der Waals surface area contributed by atoms with Gasteiger partial charge in [0.15, 0.2) is 0 Å². The van der Waals surface area contributed by atoms with Gasteiger partial charge in [0.1, 0.15) is 12.4 Å². The highest BCUT2D eigenvalue weighted by molar-refractivity contribution is 5.95. The van der Waals surface area contributed by atoms with E-state index < -0.39 is 0 Å². The summed E-state index contributed by atoms with van der Waals surface area (Å²) in [5.41, 5.74) is 5.03. The van der Waals surface area contributed by atoms with Crippen LogP contribution in [0.25, 0.3) is 10.8 Å². The molecule has 3 rings (SSSR count). The van der Waals surface area contributed by atoms with E-state index in [4.69, 9.17) is 4.74 Å². The van der Waals surface area contributed by atoms with Crippen LogP contribution in [0.4, 0.5) is 0 Å². The molecule has 132 valence electrons. The molecule has 0 unspecified atom stereocenters. The lowest BCUT2D eigenvalue weighted by atomic mass is 10.1. The maximum atomic E-state index is 12.0. The van der Waals surface area contributed by atoms with E-state index in [-0.39, 0.29) is 5.91 Å². The zero-order valence-corrected chi connectivity index (χ0v) is 15.0. The first kappa shape index (κ1) is 17.7. The molecule has 0 spiro atoms. The summed E-state index contributed by atoms with van der Waals surface area (Å²) in [6.45, 7) is 4.33. The van der Waals surface area contributed by atoms with Gasteiger partial charge in [0.25, 0.3) is 5.91 Å². The second-order valence-corrected chi connectivity index (χ2v) is 6.14. The van der Waals surface area contributed by atoms with Crippen molar-refractivity contribution >= 4 is 22.4 Å². The summed E-state index contributed by atoms with van der Waals surface area (Å²) in [6.07, 6.45) is 0.811. The Morgan fingerprint density at radius 3 is 2.46 bits per heavy atom. The number of benzene rings is 3. The first-order chi connectivity index (χ1) is 12.7. The number of carbonyl (C=O) groups excluding carboxylic acids is 1. The first-order valence-electron chi connectivity index (χ1n) is 8.70. The average Bonchev–Trinajstić information content (AvgIpc) is 2.70. The van der Waals surface area contributed by atoms with Crippen molar-refractivity contribution in [1.29, 1.82) is 0 Å². The number of hydrazone groups is 1. The Bertz CT molecular complexity index is 930. The summed E-state index contributed by atoms with van der Waals surface area (Å²) in [4.78, 5) is 12.0. The molecule has 0 aliphatic rings. The Morgan fingerprint density at radius 2 is 1.73 bits per heavy atom. The van der Waals surface area contributed by atoms with Crippen LogP contribution < -0.4 is 10.2 Å². The van der Waals surface area contributed by atoms with Gasteiger partial charge >= 0.3 is 0 Å². The maximum absolute atomic E-state index is 12.0. The van der Waals surface area contributed by atoms with Gasteiger partial charge in [0.05, 0.1) is 0 Å². The fourth-order valence-electron chi connectivity index (χ4n) is 2.47. The number of rotatable bonds is 6. The topological polar surface area (TPSA) is 50.7 Å². The van der Waals surface area contributed by atoms with E-state index in [1.807, 2.05) is 50.2 Å². The lowest BCUT2D eigenvalue weighted by Gasteiger charge is -2.08. The van der Waals surface area contributed by atoms with Crippen molar-refractivity contribution < 1.29 is 9.53 Å². The fraction of sp³-hybridized carbons (Fsp3) is 0.182. The third kappa shape index (κ3) is 4.48. The van der Waals surface area contributed by atoms with E-state index in [1.54, 1.807) is 12.1 Å². The molecule has 0 aliphatic carbocycles. The van der Waals surface area contributed by atoms with Gasteiger partial charge in [0.2, 0.25) is 0 Å². The number of fused-ring (bicyclic) bond motifs is 1. The molecule has 0 saturated heterocycles. The van der Waals surface area contributed by atoms with E-state index in [2.05, 4.69) is 28.7 Å². The van der Waals surface area contributed by atoms with Crippen molar-refractivity contribution in [3.63, 3.8) is 0 Å². The molecule has 4 nitrogen and oxygen atoms in total. The van der Waals surface area contributed by atoms with Crippen molar-refractivity contribution in [3.05, 3.63) is 77.9 Å². The predicted molar refractivity (Wildman–Crippen MR) is 106 cm³/mol. The number of ether oxygens (including phenoxy) is 1. The van der Waals surface area contributed by atoms with Crippen LogP contribution >= 0.6 is 0 Å². The van der Waals surface area contributed by atoms with Gasteiger partial charge in [-0.3, -0.25) is 4.79 Å². The fourth-order valence-corrected chi connectivity index (χ4v) is 2.47. The Kier molecular flexibility index (Phi) is 5.64. The largest absolute Gasteiger partial charge is 0.489 e. The molecule has 1 amide bonds. The average molecular weight is 346 g/mol. The van der Waals surface area contributed by atoms with Gasteiger partial charge in [-0.05, 0) is 53.9 Å². The van der Waals surface area contributed by atoms with Crippen LogP contribution in [-0.2, 0) is 6.61 Å². The van der Waals surface area contributed by atoms with Crippen molar-refractivity contribution in [1.82, 2.24) is 5.43 Å². The number of nitrogens with one attached hydrogen (secondary N) is 1. The minimum atomic E-state index is -0.209. The summed E-state index contributed by atoms with van der Waals surface area (Å²) >= 11 is 0. The molecule has 0 fully saturated rings. The van der Waals surface area contributed by atoms with Crippen molar-refractivity contribution in [2.75, 3.05) is 0 Å². The quantitative estimate of drug-likeness (QED) is 0.508. The lowest BCUT2D eigenvalue weighted by Crippen LogP contribution is -2.18. The van der Waals surface area contributed by atoms with Crippen molar-refractivity contribution in [2.45, 2.75) is 26.9 Å². The normalized spacial score (nSPS) is 11.4. The molecule has 4 heteroatoms. The highest BCUT2D eigenvalue weighted by Crippen LogP contribution is 2.21. The summed E-state index contributed by atoms with van der Waals surface area (Å²) in [6, 6.07) is 21.6. The molecule has 26 heavy (non-hydrogen) atoms. The van der Waals surface area contributed by atoms with E-state index in [1.165, 1.54) is 5.39 Å². The monoisotopic (exact) mass is 346 g/mol. The van der Waals surface area contributed by atoms with Crippen molar-refractivity contribution in [2.24, 2.45) is 5.10 Å². The number of hydrogen-bond acceptors (Lipinski definition) is 3. The molecule has 0 bridgehead atoms. The number of hydrogen-bond donors (Lipinski definition) is 1. The van der Waals surface area contributed by atoms with Crippen LogP contribution in [0.3, 0.4) is 0 Å². The van der Waals surface area contributed by atoms with Crippen LogP contribution in [0, 0.1) is 0 Å². The molecule has 0 radical (unpaired) electrons. The molecule has 0 heterocycles. The molecule has 0 atom stereocenters. The van der Waals surface area contributed by atoms with Gasteiger partial charge < -0.3 is 4.74 Å². The third-order valence-corrected chi connectivity index (χ3v) is 4.20. The predicted octanol–water partition coefficient (Wildman–Crippen LogP) is 4.93. The molecule has 0 aliphatic heterocycles. The Hall–Kier alpha value is -3.14. The summed E-state index contributed by atoms with van der Waals surface area (Å²) < 4.78 is 5.87. The standard InChI is InChI=1S/C22H22N2O2/c1-3-16(2)23-24-22(25)19-10-8-17(9-11-19)15-26-21-13-12-18-6-4-5-7-20(18)14-21/h4-14H,3,15H2,1-2H3,(H,24,25)/b23-16-. The third-order valence-electron chi connectivity index (χ3n) is 4.20. The second kappa shape index (κ2) is 8.30. The van der Waals surface area contributed by atoms with Gasteiger partial charge in [-0.1, -0.05) is 49.4 Å². The van der Waals surface area contributed by atoms with E-state index in [9.17, 15) is 4.79 Å². The SMILES string of the molecule is CC/C(C)=N\NC(=O)c1ccc(COc2ccc3ccccc3c2)cc1. The molecule has 3 aromatic carbocycles. The summed E-state index contributed by atoms with van der Waals surface area (Å²) in [5.74, 6) is 0.620. The number of amides is 1. The lowest BCUT2D eigenvalue weighted by molar-refractivity contribution is 0.0954. The van der Waals surface area contributed by atoms with Gasteiger partial charge in [-0.2, -0.15) is 5.10 Å². The highest BCUT2D eigenvalue weighted by Gasteiger charge is 2.05. The molecule has 0 saturated carbocycles. The smallest absolute Gasteiger partial charge is 0.271 e. The number of carbonyl (C=O) groups is 1. The van der Waals surface area contributed by atoms with Gasteiger partial charge in [0, 0.05) is 11.3 Å². The summed E-state index contributed by atoms with van der Waals surface area (Å²) in [5, 5.41) is 6.38. The second-order valence-electron chi connectivity index (χ2n) is 6.14. The molecular formula is C22H22N2O2. The zero-order chi connectivity index (χ0) is 18.4. The van der Waals surface area contributed by atoms with Crippen LogP contribution in [-0.4, -0.2) is 11.6 Å². The highest BCUT2D eigenvalue weighted by atomic mass is 16.5. The molecule has 1 N–H and O–H groups in total. The van der Waals surface area contributed by atoms with E-state index >= 15 is 0 Å². The van der Waals surface area contributed by atoms with Crippen molar-refractivity contribution in [3.8, 4) is 5.75 Å². The minimum absolute atomic E-state index is 0.209. The molecular weight excluding hydrogens is 324 g/mol. The Labute approximate surface area is 153 Å². The van der Waals surface area contributed by atoms with Crippen LogP contribution in [0.5, 0.6) is 5.75 Å². The van der Waals surface area contributed by atoms with E-state index in [0.717, 1.165) is 28.8 Å². The molecule has 3 aromatic rings. The van der Waals surface area contributed by atoms with Crippen LogP contribution in [0.2, 0.25) is 0 Å². The maximum Gasteiger partial charge on any atom is 0.271 e. The van der Waals surface area contributed by atoms with Gasteiger partial charge in [-0.25, -0.2) is 5.43 Å². The Morgan fingerprint density at radius 1 is 1.00 bits per heavy atom. The van der Waals surface area contributed by atoms with Crippen LogP contribution in [0.1, 0.15) is 36.2 Å². The van der Waals surface area contributed by atoms with Gasteiger partial charge in [-0.15, -0.1) is 0 Å². The minimum Gasteiger partial charge on any atom is -0.489 e. The van der Waals surface area contributed by atoms with Crippen LogP contribution in [0.15, 0.2) is 71.8 Å². The first-order valence-corrected chi connectivity index (χ1v) is 8.70.